The monoisotopic (exact) mass is 256 g/mol. The van der Waals surface area contributed by atoms with Crippen LogP contribution < -0.4 is 0 Å². The van der Waals surface area contributed by atoms with E-state index in [0.717, 1.165) is 24.5 Å². The van der Waals surface area contributed by atoms with Crippen molar-refractivity contribution in [3.8, 4) is 0 Å². The van der Waals surface area contributed by atoms with E-state index in [2.05, 4.69) is 0 Å². The Balaban J connectivity index is 1.91. The van der Waals surface area contributed by atoms with Crippen molar-refractivity contribution in [2.24, 2.45) is 5.92 Å². The van der Waals surface area contributed by atoms with E-state index in [9.17, 15) is 9.90 Å². The minimum atomic E-state index is -0.555. The molecule has 2 rings (SSSR count). The Morgan fingerprint density at radius 1 is 0.882 bits per heavy atom. The summed E-state index contributed by atoms with van der Waals surface area (Å²) in [4.78, 5) is 11.3. The molecule has 98 valence electrons. The normalized spacial score (nSPS) is 32.0. The van der Waals surface area contributed by atoms with Crippen LogP contribution in [0.25, 0.3) is 0 Å². The summed E-state index contributed by atoms with van der Waals surface area (Å²) in [5, 5.41) is 10.5. The Hall–Kier alpha value is -0.180. The SMILES string of the molecule is O=C(O)C1CCCCCC1SC1CCCCC1. The van der Waals surface area contributed by atoms with Gasteiger partial charge in [-0.25, -0.2) is 0 Å². The molecule has 3 heteroatoms. The quantitative estimate of drug-likeness (QED) is 0.773. The average Bonchev–Trinajstić information content (AvgIpc) is 2.56. The third-order valence-corrected chi connectivity index (χ3v) is 5.96. The highest BCUT2D eigenvalue weighted by atomic mass is 32.2. The highest BCUT2D eigenvalue weighted by Crippen LogP contribution is 2.39. The largest absolute Gasteiger partial charge is 0.481 e. The molecule has 0 heterocycles. The van der Waals surface area contributed by atoms with Gasteiger partial charge >= 0.3 is 5.97 Å². The number of carboxylic acid groups (broad SMARTS) is 1. The minimum absolute atomic E-state index is 0.0792. The molecule has 0 spiro atoms. The van der Waals surface area contributed by atoms with Gasteiger partial charge in [0.1, 0.15) is 0 Å². The number of carbonyl (C=O) groups is 1. The highest BCUT2D eigenvalue weighted by molar-refractivity contribution is 8.00. The van der Waals surface area contributed by atoms with Crippen LogP contribution in [0.1, 0.15) is 64.2 Å². The van der Waals surface area contributed by atoms with Gasteiger partial charge in [0.2, 0.25) is 0 Å². The molecule has 0 aliphatic heterocycles. The molecule has 0 aromatic heterocycles. The lowest BCUT2D eigenvalue weighted by Gasteiger charge is -2.28. The van der Waals surface area contributed by atoms with Gasteiger partial charge in [0.05, 0.1) is 5.92 Å². The van der Waals surface area contributed by atoms with Crippen molar-refractivity contribution in [1.82, 2.24) is 0 Å². The minimum Gasteiger partial charge on any atom is -0.481 e. The van der Waals surface area contributed by atoms with E-state index in [4.69, 9.17) is 0 Å². The molecule has 2 aliphatic carbocycles. The first-order valence-electron chi connectivity index (χ1n) is 7.15. The zero-order chi connectivity index (χ0) is 12.1. The molecule has 2 nitrogen and oxygen atoms in total. The summed E-state index contributed by atoms with van der Waals surface area (Å²) in [6.07, 6.45) is 12.3. The zero-order valence-corrected chi connectivity index (χ0v) is 11.4. The summed E-state index contributed by atoms with van der Waals surface area (Å²) >= 11 is 2.01. The fourth-order valence-corrected chi connectivity index (χ4v) is 5.01. The molecule has 17 heavy (non-hydrogen) atoms. The Bertz CT molecular complexity index is 249. The summed E-state index contributed by atoms with van der Waals surface area (Å²) in [7, 11) is 0. The Morgan fingerprint density at radius 3 is 2.12 bits per heavy atom. The summed E-state index contributed by atoms with van der Waals surface area (Å²) in [5.74, 6) is -0.635. The molecule has 2 atom stereocenters. The molecule has 0 aromatic rings. The number of aliphatic carboxylic acids is 1. The van der Waals surface area contributed by atoms with Gasteiger partial charge in [-0.15, -0.1) is 0 Å². The summed E-state index contributed by atoms with van der Waals surface area (Å²) in [6.45, 7) is 0. The van der Waals surface area contributed by atoms with E-state index in [1.54, 1.807) is 0 Å². The molecule has 2 fully saturated rings. The van der Waals surface area contributed by atoms with Crippen molar-refractivity contribution < 1.29 is 9.90 Å². The Kier molecular flexibility index (Phi) is 5.20. The molecule has 2 saturated carbocycles. The maximum atomic E-state index is 11.3. The van der Waals surface area contributed by atoms with Gasteiger partial charge in [-0.2, -0.15) is 11.8 Å². The molecule has 0 aromatic carbocycles. The topological polar surface area (TPSA) is 37.3 Å². The van der Waals surface area contributed by atoms with E-state index in [-0.39, 0.29) is 5.92 Å². The van der Waals surface area contributed by atoms with Gasteiger partial charge < -0.3 is 5.11 Å². The lowest BCUT2D eigenvalue weighted by atomic mass is 10.00. The van der Waals surface area contributed by atoms with Crippen LogP contribution >= 0.6 is 11.8 Å². The fourth-order valence-electron chi connectivity index (χ4n) is 3.17. The maximum Gasteiger partial charge on any atom is 0.307 e. The highest BCUT2D eigenvalue weighted by Gasteiger charge is 2.32. The number of hydrogen-bond donors (Lipinski definition) is 1. The molecule has 2 aliphatic rings. The molecular formula is C14H24O2S. The van der Waals surface area contributed by atoms with Gasteiger partial charge in [0.15, 0.2) is 0 Å². The van der Waals surface area contributed by atoms with Crippen LogP contribution in [0, 0.1) is 5.92 Å². The smallest absolute Gasteiger partial charge is 0.307 e. The Morgan fingerprint density at radius 2 is 1.47 bits per heavy atom. The molecule has 0 radical (unpaired) electrons. The van der Waals surface area contributed by atoms with Gasteiger partial charge in [0.25, 0.3) is 0 Å². The number of thioether (sulfide) groups is 1. The molecule has 0 bridgehead atoms. The fraction of sp³-hybridized carbons (Fsp3) is 0.929. The number of rotatable bonds is 3. The second kappa shape index (κ2) is 6.67. The van der Waals surface area contributed by atoms with E-state index in [1.165, 1.54) is 44.9 Å². The van der Waals surface area contributed by atoms with Gasteiger partial charge in [-0.1, -0.05) is 38.5 Å². The van der Waals surface area contributed by atoms with Crippen LogP contribution in [-0.4, -0.2) is 21.6 Å². The first kappa shape index (κ1) is 13.3. The van der Waals surface area contributed by atoms with Crippen LogP contribution in [0.4, 0.5) is 0 Å². The van der Waals surface area contributed by atoms with Gasteiger partial charge in [-0.3, -0.25) is 4.79 Å². The molecule has 1 N–H and O–H groups in total. The standard InChI is InChI=1S/C14H24O2S/c15-14(16)12-9-5-2-6-10-13(12)17-11-7-3-1-4-8-11/h11-13H,1-10H2,(H,15,16). The number of hydrogen-bond acceptors (Lipinski definition) is 2. The average molecular weight is 256 g/mol. The van der Waals surface area contributed by atoms with E-state index >= 15 is 0 Å². The molecule has 2 unspecified atom stereocenters. The summed E-state index contributed by atoms with van der Waals surface area (Å²) in [5.41, 5.74) is 0. The van der Waals surface area contributed by atoms with Crippen molar-refractivity contribution in [3.05, 3.63) is 0 Å². The van der Waals surface area contributed by atoms with Gasteiger partial charge in [0, 0.05) is 10.5 Å². The van der Waals surface area contributed by atoms with Crippen LogP contribution in [-0.2, 0) is 4.79 Å². The van der Waals surface area contributed by atoms with E-state index in [1.807, 2.05) is 11.8 Å². The third-order valence-electron chi connectivity index (χ3n) is 4.19. The predicted octanol–water partition coefficient (Wildman–Crippen LogP) is 4.09. The molecule has 0 amide bonds. The van der Waals surface area contributed by atoms with Crippen LogP contribution in [0.2, 0.25) is 0 Å². The lowest BCUT2D eigenvalue weighted by molar-refractivity contribution is -0.141. The molecular weight excluding hydrogens is 232 g/mol. The number of carboxylic acids is 1. The van der Waals surface area contributed by atoms with Crippen LogP contribution in [0.15, 0.2) is 0 Å². The van der Waals surface area contributed by atoms with Crippen molar-refractivity contribution >= 4 is 17.7 Å². The van der Waals surface area contributed by atoms with Gasteiger partial charge in [-0.05, 0) is 25.7 Å². The zero-order valence-electron chi connectivity index (χ0n) is 10.6. The Labute approximate surface area is 109 Å². The summed E-state index contributed by atoms with van der Waals surface area (Å²) < 4.78 is 0. The van der Waals surface area contributed by atoms with Crippen molar-refractivity contribution in [1.29, 1.82) is 0 Å². The first-order chi connectivity index (χ1) is 8.27. The lowest BCUT2D eigenvalue weighted by Crippen LogP contribution is -2.27. The summed E-state index contributed by atoms with van der Waals surface area (Å²) in [6, 6.07) is 0. The van der Waals surface area contributed by atoms with Crippen molar-refractivity contribution in [3.63, 3.8) is 0 Å². The van der Waals surface area contributed by atoms with Crippen molar-refractivity contribution in [2.75, 3.05) is 0 Å². The van der Waals surface area contributed by atoms with Crippen LogP contribution in [0.3, 0.4) is 0 Å². The second-order valence-electron chi connectivity index (χ2n) is 5.52. The maximum absolute atomic E-state index is 11.3. The third kappa shape index (κ3) is 3.90. The predicted molar refractivity (Wildman–Crippen MR) is 72.5 cm³/mol. The van der Waals surface area contributed by atoms with Crippen molar-refractivity contribution in [2.45, 2.75) is 74.7 Å². The first-order valence-corrected chi connectivity index (χ1v) is 8.10. The second-order valence-corrected chi connectivity index (χ2v) is 7.06. The van der Waals surface area contributed by atoms with Crippen LogP contribution in [0.5, 0.6) is 0 Å². The van der Waals surface area contributed by atoms with E-state index in [0.29, 0.717) is 5.25 Å². The van der Waals surface area contributed by atoms with E-state index < -0.39 is 5.97 Å². The molecule has 0 saturated heterocycles.